The van der Waals surface area contributed by atoms with Crippen molar-refractivity contribution in [1.82, 2.24) is 0 Å². The van der Waals surface area contributed by atoms with Crippen LogP contribution in [0.25, 0.3) is 0 Å². The summed E-state index contributed by atoms with van der Waals surface area (Å²) in [5, 5.41) is 0. The second-order valence-corrected chi connectivity index (χ2v) is 17.6. The molecule has 0 N–H and O–H groups in total. The number of rotatable bonds is 45. The Bertz CT molecular complexity index is 841. The molecule has 332 valence electrons. The Morgan fingerprint density at radius 2 is 0.589 bits per heavy atom. The van der Waals surface area contributed by atoms with Gasteiger partial charge in [-0.1, -0.05) is 240 Å². The van der Waals surface area contributed by atoms with Gasteiger partial charge in [0, 0.05) is 19.3 Å². The van der Waals surface area contributed by atoms with E-state index in [1.54, 1.807) is 0 Å². The average molecular weight is 793 g/mol. The van der Waals surface area contributed by atoms with Crippen molar-refractivity contribution >= 4 is 17.9 Å². The zero-order valence-electron chi connectivity index (χ0n) is 38.1. The fraction of sp³-hybridized carbons (Fsp3) is 0.940. The van der Waals surface area contributed by atoms with Crippen LogP contribution in [-0.4, -0.2) is 37.2 Å². The molecular formula is C50H96O6. The molecule has 6 heteroatoms. The summed E-state index contributed by atoms with van der Waals surface area (Å²) in [4.78, 5) is 37.8. The maximum atomic E-state index is 12.7. The molecule has 1 atom stereocenters. The molecular weight excluding hydrogens is 697 g/mol. The van der Waals surface area contributed by atoms with Crippen molar-refractivity contribution < 1.29 is 28.6 Å². The first-order valence-corrected chi connectivity index (χ1v) is 24.9. The van der Waals surface area contributed by atoms with Crippen LogP contribution in [0.5, 0.6) is 0 Å². The van der Waals surface area contributed by atoms with Gasteiger partial charge in [-0.15, -0.1) is 0 Å². The fourth-order valence-corrected chi connectivity index (χ4v) is 7.51. The highest BCUT2D eigenvalue weighted by molar-refractivity contribution is 5.71. The van der Waals surface area contributed by atoms with Gasteiger partial charge in [0.15, 0.2) is 6.10 Å². The van der Waals surface area contributed by atoms with Crippen LogP contribution in [0.2, 0.25) is 0 Å². The molecule has 0 aromatic carbocycles. The fourth-order valence-electron chi connectivity index (χ4n) is 7.51. The van der Waals surface area contributed by atoms with E-state index in [2.05, 4.69) is 27.7 Å². The Balaban J connectivity index is 4.27. The van der Waals surface area contributed by atoms with Crippen LogP contribution in [-0.2, 0) is 28.6 Å². The Morgan fingerprint density at radius 3 is 0.875 bits per heavy atom. The van der Waals surface area contributed by atoms with Gasteiger partial charge in [0.05, 0.1) is 0 Å². The van der Waals surface area contributed by atoms with Gasteiger partial charge in [0.1, 0.15) is 13.2 Å². The molecule has 0 saturated heterocycles. The van der Waals surface area contributed by atoms with Gasteiger partial charge in [-0.2, -0.15) is 0 Å². The number of unbranched alkanes of at least 4 members (excludes halogenated alkanes) is 32. The summed E-state index contributed by atoms with van der Waals surface area (Å²) in [6.07, 6.45) is 45.2. The summed E-state index contributed by atoms with van der Waals surface area (Å²) in [7, 11) is 0. The van der Waals surface area contributed by atoms with E-state index in [0.29, 0.717) is 19.3 Å². The van der Waals surface area contributed by atoms with E-state index in [0.717, 1.165) is 63.7 Å². The molecule has 0 unspecified atom stereocenters. The molecule has 0 rings (SSSR count). The molecule has 0 aromatic heterocycles. The topological polar surface area (TPSA) is 78.9 Å². The lowest BCUT2D eigenvalue weighted by molar-refractivity contribution is -0.167. The van der Waals surface area contributed by atoms with Gasteiger partial charge in [0.2, 0.25) is 0 Å². The highest BCUT2D eigenvalue weighted by Crippen LogP contribution is 2.17. The first-order valence-electron chi connectivity index (χ1n) is 24.9. The summed E-state index contributed by atoms with van der Waals surface area (Å²) in [5.41, 5.74) is 0. The molecule has 0 aliphatic rings. The second kappa shape index (κ2) is 44.5. The Hall–Kier alpha value is -1.59. The molecule has 56 heavy (non-hydrogen) atoms. The second-order valence-electron chi connectivity index (χ2n) is 17.6. The van der Waals surface area contributed by atoms with E-state index in [-0.39, 0.29) is 31.1 Å². The number of carbonyl (C=O) groups is 3. The molecule has 0 aromatic rings. The molecule has 6 nitrogen and oxygen atoms in total. The van der Waals surface area contributed by atoms with Gasteiger partial charge in [0.25, 0.3) is 0 Å². The summed E-state index contributed by atoms with van der Waals surface area (Å²) in [6.45, 7) is 8.99. The van der Waals surface area contributed by atoms with E-state index in [4.69, 9.17) is 14.2 Å². The van der Waals surface area contributed by atoms with E-state index in [9.17, 15) is 14.4 Å². The smallest absolute Gasteiger partial charge is 0.306 e. The van der Waals surface area contributed by atoms with E-state index in [1.807, 2.05) is 0 Å². The summed E-state index contributed by atoms with van der Waals surface area (Å²) < 4.78 is 16.8. The number of hydrogen-bond acceptors (Lipinski definition) is 6. The SMILES string of the molecule is CCCCCCCCCCCCCCCCCCC(=O)OC[C@@H](COC(=O)CCCCCCCCCCC)OC(=O)CCCCCCCCCCCCC(C)C. The van der Waals surface area contributed by atoms with E-state index >= 15 is 0 Å². The Kier molecular flexibility index (Phi) is 43.2. The predicted molar refractivity (Wildman–Crippen MR) is 238 cm³/mol. The van der Waals surface area contributed by atoms with Crippen molar-refractivity contribution in [3.05, 3.63) is 0 Å². The summed E-state index contributed by atoms with van der Waals surface area (Å²) >= 11 is 0. The lowest BCUT2D eigenvalue weighted by Crippen LogP contribution is -2.30. The van der Waals surface area contributed by atoms with E-state index < -0.39 is 6.10 Å². The largest absolute Gasteiger partial charge is 0.462 e. The van der Waals surface area contributed by atoms with Crippen molar-refractivity contribution in [3.63, 3.8) is 0 Å². The van der Waals surface area contributed by atoms with Gasteiger partial charge in [-0.3, -0.25) is 14.4 Å². The number of esters is 3. The van der Waals surface area contributed by atoms with Gasteiger partial charge < -0.3 is 14.2 Å². The predicted octanol–water partition coefficient (Wildman–Crippen LogP) is 15.9. The Morgan fingerprint density at radius 1 is 0.339 bits per heavy atom. The minimum atomic E-state index is -0.759. The molecule has 0 aliphatic carbocycles. The monoisotopic (exact) mass is 793 g/mol. The lowest BCUT2D eigenvalue weighted by atomic mass is 10.0. The molecule has 0 aliphatic heterocycles. The maximum Gasteiger partial charge on any atom is 0.306 e. The number of hydrogen-bond donors (Lipinski definition) is 0. The van der Waals surface area contributed by atoms with Crippen LogP contribution in [0, 0.1) is 5.92 Å². The van der Waals surface area contributed by atoms with Crippen molar-refractivity contribution in [3.8, 4) is 0 Å². The van der Waals surface area contributed by atoms with Crippen molar-refractivity contribution in [2.45, 2.75) is 284 Å². The van der Waals surface area contributed by atoms with Crippen LogP contribution in [0.1, 0.15) is 278 Å². The van der Waals surface area contributed by atoms with E-state index in [1.165, 1.54) is 173 Å². The van der Waals surface area contributed by atoms with Gasteiger partial charge in [-0.25, -0.2) is 0 Å². The van der Waals surface area contributed by atoms with Crippen LogP contribution >= 0.6 is 0 Å². The molecule has 0 fully saturated rings. The zero-order valence-corrected chi connectivity index (χ0v) is 38.1. The normalized spacial score (nSPS) is 11.9. The van der Waals surface area contributed by atoms with Gasteiger partial charge in [-0.05, 0) is 25.2 Å². The highest BCUT2D eigenvalue weighted by atomic mass is 16.6. The molecule has 0 amide bonds. The summed E-state index contributed by atoms with van der Waals surface area (Å²) in [6, 6.07) is 0. The molecule has 0 saturated carbocycles. The minimum Gasteiger partial charge on any atom is -0.462 e. The molecule has 0 heterocycles. The van der Waals surface area contributed by atoms with Crippen molar-refractivity contribution in [2.75, 3.05) is 13.2 Å². The summed E-state index contributed by atoms with van der Waals surface area (Å²) in [5.74, 6) is -0.0342. The molecule has 0 bridgehead atoms. The quantitative estimate of drug-likeness (QED) is 0.0347. The molecule has 0 radical (unpaired) electrons. The Labute approximate surface area is 348 Å². The standard InChI is InChI=1S/C50H96O6/c1-5-7-9-11-13-15-16-17-18-19-20-21-26-30-34-38-42-49(52)55-45-47(44-54-48(51)41-37-33-29-24-14-12-10-8-6-2)56-50(53)43-39-35-31-27-23-22-25-28-32-36-40-46(3)4/h46-47H,5-45H2,1-4H3/t47-/m1/s1. The third kappa shape index (κ3) is 43.5. The lowest BCUT2D eigenvalue weighted by Gasteiger charge is -2.18. The van der Waals surface area contributed by atoms with Crippen molar-refractivity contribution in [1.29, 1.82) is 0 Å². The average Bonchev–Trinajstić information content (AvgIpc) is 3.18. The van der Waals surface area contributed by atoms with Crippen molar-refractivity contribution in [2.24, 2.45) is 5.92 Å². The minimum absolute atomic E-state index is 0.0633. The molecule has 0 spiro atoms. The van der Waals surface area contributed by atoms with Gasteiger partial charge >= 0.3 is 17.9 Å². The third-order valence-electron chi connectivity index (χ3n) is 11.3. The van der Waals surface area contributed by atoms with Crippen LogP contribution in [0.15, 0.2) is 0 Å². The zero-order chi connectivity index (χ0) is 41.0. The highest BCUT2D eigenvalue weighted by Gasteiger charge is 2.19. The first-order chi connectivity index (χ1) is 27.4. The number of ether oxygens (including phenoxy) is 3. The van der Waals surface area contributed by atoms with Crippen LogP contribution < -0.4 is 0 Å². The number of carbonyl (C=O) groups excluding carboxylic acids is 3. The third-order valence-corrected chi connectivity index (χ3v) is 11.3. The first kappa shape index (κ1) is 54.4. The maximum absolute atomic E-state index is 12.7. The van der Waals surface area contributed by atoms with Crippen LogP contribution in [0.4, 0.5) is 0 Å². The van der Waals surface area contributed by atoms with Crippen LogP contribution in [0.3, 0.4) is 0 Å².